The lowest BCUT2D eigenvalue weighted by atomic mass is 10.2. The fourth-order valence-electron chi connectivity index (χ4n) is 3.23. The molecular formula is C23H21N5O5S. The van der Waals surface area contributed by atoms with Crippen LogP contribution in [0, 0.1) is 10.1 Å². The standard InChI is InChI=1S/C23H21N5O5S/c1-15(22(29)24-18-13-17(28(30)31)10-11-19(18)32-2)34-23-26-25-21(20-9-6-12-33-20)27(23)14-16-7-4-3-5-8-16/h3-13,15H,14H2,1-2H3,(H,24,29). The van der Waals surface area contributed by atoms with Gasteiger partial charge in [0.1, 0.15) is 5.75 Å². The quantitative estimate of drug-likeness (QED) is 0.209. The summed E-state index contributed by atoms with van der Waals surface area (Å²) in [4.78, 5) is 23.5. The topological polar surface area (TPSA) is 125 Å². The van der Waals surface area contributed by atoms with Gasteiger partial charge < -0.3 is 14.5 Å². The molecule has 2 aromatic heterocycles. The summed E-state index contributed by atoms with van der Waals surface area (Å²) in [5.41, 5.74) is 1.11. The predicted molar refractivity (Wildman–Crippen MR) is 127 cm³/mol. The van der Waals surface area contributed by atoms with E-state index in [1.165, 1.54) is 37.1 Å². The average Bonchev–Trinajstić information content (AvgIpc) is 3.50. The van der Waals surface area contributed by atoms with Crippen LogP contribution in [0.3, 0.4) is 0 Å². The molecule has 0 bridgehead atoms. The first kappa shape index (κ1) is 23.1. The van der Waals surface area contributed by atoms with Crippen molar-refractivity contribution in [3.05, 3.63) is 82.6 Å². The van der Waals surface area contributed by atoms with Crippen molar-refractivity contribution in [1.29, 1.82) is 0 Å². The smallest absolute Gasteiger partial charge is 0.271 e. The second kappa shape index (κ2) is 10.2. The van der Waals surface area contributed by atoms with E-state index < -0.39 is 10.2 Å². The fourth-order valence-corrected chi connectivity index (χ4v) is 4.07. The average molecular weight is 480 g/mol. The Labute approximate surface area is 199 Å². The van der Waals surface area contributed by atoms with Crippen LogP contribution in [0.1, 0.15) is 12.5 Å². The second-order valence-electron chi connectivity index (χ2n) is 7.25. The number of thioether (sulfide) groups is 1. The van der Waals surface area contributed by atoms with Crippen molar-refractivity contribution in [3.63, 3.8) is 0 Å². The van der Waals surface area contributed by atoms with E-state index in [0.717, 1.165) is 5.56 Å². The van der Waals surface area contributed by atoms with Crippen molar-refractivity contribution < 1.29 is 18.9 Å². The van der Waals surface area contributed by atoms with Crippen LogP contribution in [0.4, 0.5) is 11.4 Å². The van der Waals surface area contributed by atoms with Crippen molar-refractivity contribution >= 4 is 29.0 Å². The minimum absolute atomic E-state index is 0.151. The number of benzene rings is 2. The van der Waals surface area contributed by atoms with Gasteiger partial charge in [0, 0.05) is 12.1 Å². The SMILES string of the molecule is COc1ccc([N+](=O)[O-])cc1NC(=O)C(C)Sc1nnc(-c2ccco2)n1Cc1ccccc1. The zero-order valence-corrected chi connectivity index (χ0v) is 19.2. The van der Waals surface area contributed by atoms with E-state index in [2.05, 4.69) is 15.5 Å². The molecule has 0 aliphatic rings. The Hall–Kier alpha value is -4.12. The van der Waals surface area contributed by atoms with Crippen molar-refractivity contribution in [1.82, 2.24) is 14.8 Å². The van der Waals surface area contributed by atoms with Gasteiger partial charge in [-0.1, -0.05) is 42.1 Å². The summed E-state index contributed by atoms with van der Waals surface area (Å²) < 4.78 is 12.6. The van der Waals surface area contributed by atoms with E-state index in [-0.39, 0.29) is 17.3 Å². The molecule has 1 atom stereocenters. The molecular weight excluding hydrogens is 458 g/mol. The molecule has 0 aliphatic carbocycles. The van der Waals surface area contributed by atoms with Crippen LogP contribution in [0.25, 0.3) is 11.6 Å². The Morgan fingerprint density at radius 1 is 1.21 bits per heavy atom. The molecule has 0 fully saturated rings. The number of methoxy groups -OCH3 is 1. The maximum Gasteiger partial charge on any atom is 0.271 e. The van der Waals surface area contributed by atoms with E-state index in [1.807, 2.05) is 34.9 Å². The number of carbonyl (C=O) groups is 1. The number of ether oxygens (including phenoxy) is 1. The zero-order valence-electron chi connectivity index (χ0n) is 18.4. The van der Waals surface area contributed by atoms with Gasteiger partial charge in [0.2, 0.25) is 11.7 Å². The molecule has 11 heteroatoms. The first-order valence-corrected chi connectivity index (χ1v) is 11.1. The summed E-state index contributed by atoms with van der Waals surface area (Å²) in [6.45, 7) is 2.21. The van der Waals surface area contributed by atoms with Crippen molar-refractivity contribution in [2.45, 2.75) is 23.9 Å². The number of nitrogens with one attached hydrogen (secondary N) is 1. The lowest BCUT2D eigenvalue weighted by molar-refractivity contribution is -0.384. The maximum atomic E-state index is 12.9. The van der Waals surface area contributed by atoms with Gasteiger partial charge in [-0.05, 0) is 30.7 Å². The van der Waals surface area contributed by atoms with E-state index in [4.69, 9.17) is 9.15 Å². The summed E-state index contributed by atoms with van der Waals surface area (Å²) in [5, 5.41) is 22.4. The molecule has 174 valence electrons. The van der Waals surface area contributed by atoms with Crippen molar-refractivity contribution in [2.24, 2.45) is 0 Å². The van der Waals surface area contributed by atoms with E-state index in [1.54, 1.807) is 25.3 Å². The number of anilines is 1. The summed E-state index contributed by atoms with van der Waals surface area (Å²) in [6.07, 6.45) is 1.56. The van der Waals surface area contributed by atoms with E-state index in [9.17, 15) is 14.9 Å². The number of non-ortho nitro benzene ring substituents is 1. The molecule has 1 unspecified atom stereocenters. The van der Waals surface area contributed by atoms with Gasteiger partial charge in [0.25, 0.3) is 5.69 Å². The highest BCUT2D eigenvalue weighted by Crippen LogP contribution is 2.31. The molecule has 10 nitrogen and oxygen atoms in total. The molecule has 2 heterocycles. The third-order valence-electron chi connectivity index (χ3n) is 4.95. The number of nitro benzene ring substituents is 1. The number of furan rings is 1. The minimum atomic E-state index is -0.591. The lowest BCUT2D eigenvalue weighted by Gasteiger charge is -2.15. The normalized spacial score (nSPS) is 11.7. The monoisotopic (exact) mass is 479 g/mol. The number of nitrogens with zero attached hydrogens (tertiary/aromatic N) is 4. The van der Waals surface area contributed by atoms with E-state index in [0.29, 0.717) is 29.0 Å². The number of carbonyl (C=O) groups excluding carboxylic acids is 1. The first-order valence-electron chi connectivity index (χ1n) is 10.3. The number of hydrogen-bond donors (Lipinski definition) is 1. The molecule has 1 N–H and O–H groups in total. The number of rotatable bonds is 9. The van der Waals surface area contributed by atoms with E-state index >= 15 is 0 Å². The summed E-state index contributed by atoms with van der Waals surface area (Å²) in [7, 11) is 1.43. The molecule has 4 rings (SSSR count). The third kappa shape index (κ3) is 5.09. The van der Waals surface area contributed by atoms with Gasteiger partial charge in [0.05, 0.1) is 35.8 Å². The molecule has 0 saturated carbocycles. The maximum absolute atomic E-state index is 12.9. The van der Waals surface area contributed by atoms with Gasteiger partial charge in [-0.15, -0.1) is 10.2 Å². The first-order chi connectivity index (χ1) is 16.5. The molecule has 0 aliphatic heterocycles. The van der Waals surface area contributed by atoms with Crippen LogP contribution < -0.4 is 10.1 Å². The second-order valence-corrected chi connectivity index (χ2v) is 8.55. The molecule has 0 saturated heterocycles. The van der Waals surface area contributed by atoms with Gasteiger partial charge in [-0.3, -0.25) is 19.5 Å². The molecule has 2 aromatic carbocycles. The minimum Gasteiger partial charge on any atom is -0.495 e. The number of aromatic nitrogens is 3. The molecule has 0 radical (unpaired) electrons. The fraction of sp³-hybridized carbons (Fsp3) is 0.174. The third-order valence-corrected chi connectivity index (χ3v) is 6.03. The highest BCUT2D eigenvalue weighted by molar-refractivity contribution is 8.00. The highest BCUT2D eigenvalue weighted by Gasteiger charge is 2.23. The number of amides is 1. The largest absolute Gasteiger partial charge is 0.495 e. The molecule has 4 aromatic rings. The van der Waals surface area contributed by atoms with Gasteiger partial charge >= 0.3 is 0 Å². The number of nitro groups is 1. The molecule has 0 spiro atoms. The van der Waals surface area contributed by atoms with Crippen LogP contribution in [0.2, 0.25) is 0 Å². The lowest BCUT2D eigenvalue weighted by Crippen LogP contribution is -2.23. The highest BCUT2D eigenvalue weighted by atomic mass is 32.2. The summed E-state index contributed by atoms with van der Waals surface area (Å²) in [5.74, 6) is 1.07. The molecule has 34 heavy (non-hydrogen) atoms. The van der Waals surface area contributed by atoms with Crippen LogP contribution in [0.15, 0.2) is 76.5 Å². The predicted octanol–water partition coefficient (Wildman–Crippen LogP) is 4.62. The Bertz CT molecular complexity index is 1290. The summed E-state index contributed by atoms with van der Waals surface area (Å²) >= 11 is 1.22. The molecule has 1 amide bonds. The van der Waals surface area contributed by atoms with Gasteiger partial charge in [-0.2, -0.15) is 0 Å². The Kier molecular flexibility index (Phi) is 6.93. The van der Waals surface area contributed by atoms with Crippen LogP contribution >= 0.6 is 11.8 Å². The Morgan fingerprint density at radius 2 is 2.00 bits per heavy atom. The Morgan fingerprint density at radius 3 is 2.68 bits per heavy atom. The Balaban J connectivity index is 1.57. The van der Waals surface area contributed by atoms with Crippen molar-refractivity contribution in [3.8, 4) is 17.3 Å². The van der Waals surface area contributed by atoms with Gasteiger partial charge in [0.15, 0.2) is 10.9 Å². The van der Waals surface area contributed by atoms with Crippen LogP contribution in [-0.4, -0.2) is 38.0 Å². The summed E-state index contributed by atoms with van der Waals surface area (Å²) in [6, 6.07) is 17.4. The van der Waals surface area contributed by atoms with Crippen molar-refractivity contribution in [2.75, 3.05) is 12.4 Å². The van der Waals surface area contributed by atoms with Gasteiger partial charge in [-0.25, -0.2) is 0 Å². The van der Waals surface area contributed by atoms with Crippen LogP contribution in [-0.2, 0) is 11.3 Å². The number of hydrogen-bond acceptors (Lipinski definition) is 8. The van der Waals surface area contributed by atoms with Crippen LogP contribution in [0.5, 0.6) is 5.75 Å². The zero-order chi connectivity index (χ0) is 24.1.